The van der Waals surface area contributed by atoms with Crippen LogP contribution in [0.1, 0.15) is 40.7 Å². The SMILES string of the molecule is Cc1ccccc1-c1nc2nc(c1C(F)(F)F)OCC1CN(CCC3(C(F)(F)F)CC3)CCN1C(=O)c1cccc(c1)S(=O)(=O)N2. The minimum Gasteiger partial charge on any atom is -0.475 e. The van der Waals surface area contributed by atoms with E-state index in [1.165, 1.54) is 35.2 Å². The molecule has 1 unspecified atom stereocenters. The number of alkyl halides is 6. The van der Waals surface area contributed by atoms with Crippen molar-refractivity contribution in [3.63, 3.8) is 0 Å². The fourth-order valence-electron chi connectivity index (χ4n) is 5.93. The van der Waals surface area contributed by atoms with Gasteiger partial charge in [0, 0.05) is 30.8 Å². The van der Waals surface area contributed by atoms with E-state index in [1.807, 2.05) is 0 Å². The first kappa shape index (κ1) is 32.0. The molecule has 1 amide bonds. The van der Waals surface area contributed by atoms with Gasteiger partial charge in [0.1, 0.15) is 12.2 Å². The number of benzene rings is 2. The summed E-state index contributed by atoms with van der Waals surface area (Å²) in [5, 5.41) is 0. The molecule has 2 aliphatic heterocycles. The van der Waals surface area contributed by atoms with Crippen molar-refractivity contribution >= 4 is 21.9 Å². The van der Waals surface area contributed by atoms with Gasteiger partial charge in [0.15, 0.2) is 0 Å². The molecule has 3 aromatic rings. The van der Waals surface area contributed by atoms with E-state index >= 15 is 0 Å². The number of aryl methyl sites for hydroxylation is 1. The predicted octanol–water partition coefficient (Wildman–Crippen LogP) is 5.52. The number of rotatable bonds is 4. The molecule has 1 aliphatic carbocycles. The highest BCUT2D eigenvalue weighted by Gasteiger charge is 2.62. The number of halogens is 6. The Kier molecular flexibility index (Phi) is 7.94. The van der Waals surface area contributed by atoms with Crippen LogP contribution < -0.4 is 9.46 Å². The zero-order valence-corrected chi connectivity index (χ0v) is 25.3. The Labute approximate surface area is 260 Å². The monoisotopic (exact) mass is 669 g/mol. The summed E-state index contributed by atoms with van der Waals surface area (Å²) < 4.78 is 119. The van der Waals surface area contributed by atoms with Crippen molar-refractivity contribution in [2.45, 2.75) is 49.5 Å². The van der Waals surface area contributed by atoms with E-state index < -0.39 is 69.4 Å². The van der Waals surface area contributed by atoms with Gasteiger partial charge in [-0.05, 0) is 56.5 Å². The van der Waals surface area contributed by atoms with Crippen LogP contribution in [-0.4, -0.2) is 79.1 Å². The average Bonchev–Trinajstić information content (AvgIpc) is 3.79. The number of carbonyl (C=O) groups excluding carboxylic acids is 1. The summed E-state index contributed by atoms with van der Waals surface area (Å²) >= 11 is 0. The van der Waals surface area contributed by atoms with Crippen molar-refractivity contribution in [1.29, 1.82) is 0 Å². The van der Waals surface area contributed by atoms with E-state index in [9.17, 15) is 39.6 Å². The molecule has 9 nitrogen and oxygen atoms in total. The maximum Gasteiger partial charge on any atom is 0.423 e. The Morgan fingerprint density at radius 2 is 1.76 bits per heavy atom. The summed E-state index contributed by atoms with van der Waals surface area (Å²) in [5.41, 5.74) is -3.22. The third-order valence-electron chi connectivity index (χ3n) is 8.78. The number of aromatic nitrogens is 2. The molecule has 1 saturated heterocycles. The first-order valence-corrected chi connectivity index (χ1v) is 16.0. The molecule has 46 heavy (non-hydrogen) atoms. The van der Waals surface area contributed by atoms with Gasteiger partial charge in [-0.25, -0.2) is 18.1 Å². The minimum atomic E-state index is -5.05. The molecule has 1 aromatic heterocycles. The number of piperazine rings is 1. The Bertz CT molecular complexity index is 1780. The highest BCUT2D eigenvalue weighted by molar-refractivity contribution is 7.92. The topological polar surface area (TPSA) is 105 Å². The van der Waals surface area contributed by atoms with Crippen LogP contribution in [0.15, 0.2) is 53.4 Å². The van der Waals surface area contributed by atoms with Crippen LogP contribution in [0.2, 0.25) is 0 Å². The number of anilines is 1. The van der Waals surface area contributed by atoms with Crippen LogP contribution in [0.25, 0.3) is 11.3 Å². The summed E-state index contributed by atoms with van der Waals surface area (Å²) in [4.78, 5) is 24.3. The first-order valence-electron chi connectivity index (χ1n) is 14.5. The van der Waals surface area contributed by atoms with E-state index in [1.54, 1.807) is 24.0 Å². The molecule has 3 heterocycles. The van der Waals surface area contributed by atoms with Gasteiger partial charge in [-0.3, -0.25) is 9.69 Å². The maximum atomic E-state index is 14.7. The van der Waals surface area contributed by atoms with Gasteiger partial charge in [0.25, 0.3) is 15.9 Å². The lowest BCUT2D eigenvalue weighted by Crippen LogP contribution is -2.57. The van der Waals surface area contributed by atoms with Crippen LogP contribution in [-0.2, 0) is 16.2 Å². The zero-order valence-electron chi connectivity index (χ0n) is 24.5. The number of hydrogen-bond donors (Lipinski definition) is 1. The summed E-state index contributed by atoms with van der Waals surface area (Å²) in [6.07, 6.45) is -9.46. The molecule has 2 fully saturated rings. The van der Waals surface area contributed by atoms with Crippen LogP contribution >= 0.6 is 0 Å². The Morgan fingerprint density at radius 1 is 1.02 bits per heavy atom. The number of carbonyl (C=O) groups is 1. The highest BCUT2D eigenvalue weighted by Crippen LogP contribution is 2.60. The quantitative estimate of drug-likeness (QED) is 0.365. The second kappa shape index (κ2) is 11.4. The Balaban J connectivity index is 1.43. The lowest BCUT2D eigenvalue weighted by atomic mass is 10.0. The first-order chi connectivity index (χ1) is 21.6. The lowest BCUT2D eigenvalue weighted by Gasteiger charge is -2.41. The van der Waals surface area contributed by atoms with Crippen molar-refractivity contribution in [1.82, 2.24) is 19.8 Å². The lowest BCUT2D eigenvalue weighted by molar-refractivity contribution is -0.190. The van der Waals surface area contributed by atoms with Gasteiger partial charge >= 0.3 is 12.4 Å². The van der Waals surface area contributed by atoms with Crippen molar-refractivity contribution in [2.75, 3.05) is 37.5 Å². The molecule has 1 atom stereocenters. The molecule has 6 rings (SSSR count). The van der Waals surface area contributed by atoms with E-state index in [0.717, 1.165) is 6.07 Å². The second-order valence-electron chi connectivity index (χ2n) is 11.8. The molecule has 2 aromatic carbocycles. The van der Waals surface area contributed by atoms with Gasteiger partial charge in [0.2, 0.25) is 11.8 Å². The summed E-state index contributed by atoms with van der Waals surface area (Å²) in [6, 6.07) is 10.3. The van der Waals surface area contributed by atoms with E-state index in [2.05, 4.69) is 14.7 Å². The van der Waals surface area contributed by atoms with Gasteiger partial charge in [0.05, 0.1) is 22.0 Å². The Morgan fingerprint density at radius 3 is 2.43 bits per heavy atom. The molecule has 246 valence electrons. The zero-order chi connectivity index (χ0) is 33.1. The minimum absolute atomic E-state index is 0.00113. The number of amides is 1. The van der Waals surface area contributed by atoms with Gasteiger partial charge in [-0.15, -0.1) is 0 Å². The van der Waals surface area contributed by atoms with Crippen molar-refractivity contribution in [2.24, 2.45) is 5.41 Å². The second-order valence-corrected chi connectivity index (χ2v) is 13.5. The molecule has 16 heteroatoms. The van der Waals surface area contributed by atoms with Gasteiger partial charge in [-0.2, -0.15) is 31.3 Å². The number of nitrogens with zero attached hydrogens (tertiary/aromatic N) is 4. The molecule has 0 radical (unpaired) electrons. The molecule has 0 spiro atoms. The summed E-state index contributed by atoms with van der Waals surface area (Å²) in [5.74, 6) is -2.24. The van der Waals surface area contributed by atoms with Crippen molar-refractivity contribution in [3.05, 3.63) is 65.2 Å². The molecule has 1 N–H and O–H groups in total. The molecule has 1 saturated carbocycles. The molecule has 3 aliphatic rings. The number of hydrogen-bond acceptors (Lipinski definition) is 7. The fourth-order valence-corrected chi connectivity index (χ4v) is 6.92. The normalized spacial score (nSPS) is 21.2. The van der Waals surface area contributed by atoms with Gasteiger partial charge in [-0.1, -0.05) is 30.3 Å². The van der Waals surface area contributed by atoms with Crippen LogP contribution in [0.5, 0.6) is 5.88 Å². The number of sulfonamides is 1. The van der Waals surface area contributed by atoms with E-state index in [-0.39, 0.29) is 61.5 Å². The van der Waals surface area contributed by atoms with Crippen LogP contribution in [0.4, 0.5) is 32.3 Å². The van der Waals surface area contributed by atoms with E-state index in [0.29, 0.717) is 5.56 Å². The van der Waals surface area contributed by atoms with Crippen molar-refractivity contribution in [3.8, 4) is 17.1 Å². The third kappa shape index (κ3) is 6.11. The van der Waals surface area contributed by atoms with Crippen LogP contribution in [0.3, 0.4) is 0 Å². The highest BCUT2D eigenvalue weighted by atomic mass is 32.2. The number of nitrogens with one attached hydrogen (secondary N) is 1. The van der Waals surface area contributed by atoms with Gasteiger partial charge < -0.3 is 9.64 Å². The Hall–Kier alpha value is -3.92. The number of ether oxygens (including phenoxy) is 1. The summed E-state index contributed by atoms with van der Waals surface area (Å²) in [6.45, 7) is 1.38. The molecular formula is C30H29F6N5O4S. The summed E-state index contributed by atoms with van der Waals surface area (Å²) in [7, 11) is -4.49. The maximum absolute atomic E-state index is 14.7. The van der Waals surface area contributed by atoms with Crippen LogP contribution in [0, 0.1) is 12.3 Å². The third-order valence-corrected chi connectivity index (χ3v) is 10.1. The average molecular weight is 670 g/mol. The smallest absolute Gasteiger partial charge is 0.423 e. The van der Waals surface area contributed by atoms with E-state index in [4.69, 9.17) is 4.74 Å². The van der Waals surface area contributed by atoms with Crippen molar-refractivity contribution < 1.29 is 44.3 Å². The predicted molar refractivity (Wildman–Crippen MR) is 154 cm³/mol. The fraction of sp³-hybridized carbons (Fsp3) is 0.433. The largest absolute Gasteiger partial charge is 0.475 e. The standard InChI is InChI=1S/C30H29F6N5O4S/c1-18-5-2-3-8-22(18)24-23(29(31,32)33)25-38-27(37-24)39-46(43,44)21-7-4-6-19(15-21)26(42)41-14-13-40(16-20(41)17-45-25)12-11-28(9-10-28)30(34,35)36/h2-8,15,20H,9-14,16-17H2,1H3,(H,37,38,39). The molecule has 4 bridgehead atoms. The number of fused-ring (bicyclic) bond motifs is 5. The molecular weight excluding hydrogens is 640 g/mol.